The monoisotopic (exact) mass is 759 g/mol. The highest BCUT2D eigenvalue weighted by molar-refractivity contribution is 7.19. The Bertz CT molecular complexity index is 3130. The van der Waals surface area contributed by atoms with Crippen molar-refractivity contribution in [3.05, 3.63) is 224 Å². The highest BCUT2D eigenvalue weighted by Gasteiger charge is 2.41. The van der Waals surface area contributed by atoms with Crippen LogP contribution in [-0.4, -0.2) is 8.07 Å². The van der Waals surface area contributed by atoms with Crippen molar-refractivity contribution in [1.29, 1.82) is 0 Å². The van der Waals surface area contributed by atoms with E-state index < -0.39 is 8.07 Å². The lowest BCUT2D eigenvalue weighted by Crippen LogP contribution is -2.74. The maximum atomic E-state index is 6.70. The molecule has 0 atom stereocenters. The van der Waals surface area contributed by atoms with Gasteiger partial charge in [0.05, 0.1) is 11.1 Å². The predicted molar refractivity (Wildman–Crippen MR) is 245 cm³/mol. The Kier molecular flexibility index (Phi) is 8.16. The van der Waals surface area contributed by atoms with E-state index in [4.69, 9.17) is 8.83 Å². The van der Waals surface area contributed by atoms with Crippen molar-refractivity contribution in [2.75, 3.05) is 4.90 Å². The molecule has 274 valence electrons. The van der Waals surface area contributed by atoms with Gasteiger partial charge in [-0.1, -0.05) is 170 Å². The number of furan rings is 2. The van der Waals surface area contributed by atoms with E-state index in [0.717, 1.165) is 72.1 Å². The van der Waals surface area contributed by atoms with Crippen LogP contribution < -0.4 is 25.6 Å². The average Bonchev–Trinajstić information content (AvgIpc) is 3.87. The first-order valence-electron chi connectivity index (χ1n) is 19.8. The highest BCUT2D eigenvalue weighted by Crippen LogP contribution is 2.46. The van der Waals surface area contributed by atoms with Gasteiger partial charge in [0.2, 0.25) is 0 Å². The first-order valence-corrected chi connectivity index (χ1v) is 21.8. The van der Waals surface area contributed by atoms with Gasteiger partial charge in [0.1, 0.15) is 22.3 Å². The molecule has 2 heterocycles. The molecule has 9 aromatic carbocycles. The van der Waals surface area contributed by atoms with E-state index >= 15 is 0 Å². The van der Waals surface area contributed by atoms with Gasteiger partial charge >= 0.3 is 0 Å². The van der Waals surface area contributed by atoms with E-state index in [1.54, 1.807) is 0 Å². The minimum absolute atomic E-state index is 0.837. The van der Waals surface area contributed by atoms with Crippen LogP contribution in [0.1, 0.15) is 0 Å². The Morgan fingerprint density at radius 2 is 0.828 bits per heavy atom. The van der Waals surface area contributed by atoms with E-state index in [2.05, 4.69) is 217 Å². The van der Waals surface area contributed by atoms with Crippen LogP contribution in [0, 0.1) is 0 Å². The summed E-state index contributed by atoms with van der Waals surface area (Å²) in [6, 6.07) is 80.8. The molecule has 0 aliphatic carbocycles. The zero-order chi connectivity index (χ0) is 38.5. The second kappa shape index (κ2) is 14.0. The van der Waals surface area contributed by atoms with Crippen LogP contribution in [-0.2, 0) is 0 Å². The molecule has 3 nitrogen and oxygen atoms in total. The van der Waals surface area contributed by atoms with Crippen molar-refractivity contribution < 1.29 is 8.83 Å². The van der Waals surface area contributed by atoms with Gasteiger partial charge in [-0.25, -0.2) is 0 Å². The number of rotatable bonds is 8. The van der Waals surface area contributed by atoms with Crippen molar-refractivity contribution in [1.82, 2.24) is 0 Å². The summed E-state index contributed by atoms with van der Waals surface area (Å²) in [6.07, 6.45) is 0. The third kappa shape index (κ3) is 5.41. The summed E-state index contributed by atoms with van der Waals surface area (Å²) >= 11 is 0. The molecular weight excluding hydrogens is 723 g/mol. The summed E-state index contributed by atoms with van der Waals surface area (Å²) in [5, 5.41) is 9.63. The zero-order valence-electron chi connectivity index (χ0n) is 31.6. The third-order valence-electron chi connectivity index (χ3n) is 11.6. The Labute approximate surface area is 337 Å². The van der Waals surface area contributed by atoms with Crippen molar-refractivity contribution in [3.63, 3.8) is 0 Å². The van der Waals surface area contributed by atoms with Crippen LogP contribution in [0.5, 0.6) is 0 Å². The molecule has 58 heavy (non-hydrogen) atoms. The number of nitrogens with zero attached hydrogens (tertiary/aromatic N) is 1. The molecule has 0 amide bonds. The van der Waals surface area contributed by atoms with Gasteiger partial charge in [-0.15, -0.1) is 0 Å². The van der Waals surface area contributed by atoms with Crippen LogP contribution in [0.2, 0.25) is 0 Å². The number of para-hydroxylation sites is 1. The molecule has 0 bridgehead atoms. The smallest absolute Gasteiger partial charge is 0.179 e. The van der Waals surface area contributed by atoms with Gasteiger partial charge in [-0.2, -0.15) is 0 Å². The first kappa shape index (κ1) is 33.9. The molecule has 4 heteroatoms. The predicted octanol–water partition coefficient (Wildman–Crippen LogP) is 12.0. The van der Waals surface area contributed by atoms with E-state index in [9.17, 15) is 0 Å². The molecule has 0 saturated carbocycles. The first-order chi connectivity index (χ1) is 28.8. The number of hydrogen-bond acceptors (Lipinski definition) is 3. The number of benzene rings is 9. The highest BCUT2D eigenvalue weighted by atomic mass is 28.3. The van der Waals surface area contributed by atoms with Gasteiger partial charge < -0.3 is 13.7 Å². The molecule has 0 saturated heterocycles. The molecule has 2 aromatic heterocycles. The van der Waals surface area contributed by atoms with Crippen LogP contribution in [0.4, 0.5) is 17.1 Å². The maximum absolute atomic E-state index is 6.70. The molecule has 0 spiro atoms. The topological polar surface area (TPSA) is 29.5 Å². The lowest BCUT2D eigenvalue weighted by molar-refractivity contribution is 0.669. The van der Waals surface area contributed by atoms with E-state index in [1.165, 1.54) is 20.7 Å². The van der Waals surface area contributed by atoms with Crippen LogP contribution in [0.3, 0.4) is 0 Å². The van der Waals surface area contributed by atoms with Crippen molar-refractivity contribution in [3.8, 4) is 11.1 Å². The molecule has 11 rings (SSSR count). The summed E-state index contributed by atoms with van der Waals surface area (Å²) in [5.74, 6) is 0. The summed E-state index contributed by atoms with van der Waals surface area (Å²) in [7, 11) is -2.85. The minimum Gasteiger partial charge on any atom is -0.456 e. The summed E-state index contributed by atoms with van der Waals surface area (Å²) < 4.78 is 13.2. The molecule has 0 aliphatic rings. The molecule has 0 unspecified atom stereocenters. The summed E-state index contributed by atoms with van der Waals surface area (Å²) in [5.41, 5.74) is 8.76. The SMILES string of the molecule is c1ccc(-c2cccc3oc4cccc(N(c5cccc([Si](c6ccccc6)(c6ccccc6)c6ccccc6)c5)c5ccc6c(c5)oc5ccccc56)c4c23)cc1. The van der Waals surface area contributed by atoms with Crippen molar-refractivity contribution >= 4 is 89.8 Å². The van der Waals surface area contributed by atoms with Crippen molar-refractivity contribution in [2.45, 2.75) is 0 Å². The van der Waals surface area contributed by atoms with Crippen molar-refractivity contribution in [2.24, 2.45) is 0 Å². The quantitative estimate of drug-likeness (QED) is 0.114. The fourth-order valence-electron chi connectivity index (χ4n) is 9.12. The third-order valence-corrected chi connectivity index (χ3v) is 16.4. The minimum atomic E-state index is -2.85. The second-order valence-corrected chi connectivity index (χ2v) is 18.6. The molecular formula is C54H37NO2Si. The fraction of sp³-hybridized carbons (Fsp3) is 0. The number of anilines is 3. The summed E-state index contributed by atoms with van der Waals surface area (Å²) in [6.45, 7) is 0. The van der Waals surface area contributed by atoms with Gasteiger partial charge in [0, 0.05) is 33.6 Å². The average molecular weight is 760 g/mol. The Hall–Kier alpha value is -7.40. The largest absolute Gasteiger partial charge is 0.456 e. The van der Waals surface area contributed by atoms with Crippen LogP contribution >= 0.6 is 0 Å². The molecule has 11 aromatic rings. The van der Waals surface area contributed by atoms with Crippen LogP contribution in [0.15, 0.2) is 233 Å². The molecule has 0 fully saturated rings. The second-order valence-electron chi connectivity index (χ2n) is 14.8. The van der Waals surface area contributed by atoms with E-state index in [0.29, 0.717) is 0 Å². The fourth-order valence-corrected chi connectivity index (χ4v) is 13.9. The standard InChI is InChI=1S/C54H37NO2Si/c1-5-18-38(19-6-1)45-29-16-32-50-53(45)54-48(30-17-33-51(54)57-50)55(40-34-35-47-46-28-13-14-31-49(46)56-52(47)37-40)39-20-15-27-44(36-39)58(41-21-7-2-8-22-41,42-23-9-3-10-24-42)43-25-11-4-12-26-43/h1-37H. The van der Waals surface area contributed by atoms with Crippen LogP contribution in [0.25, 0.3) is 55.0 Å². The summed E-state index contributed by atoms with van der Waals surface area (Å²) in [4.78, 5) is 2.40. The molecule has 0 aliphatic heterocycles. The van der Waals surface area contributed by atoms with Gasteiger partial charge in [0.25, 0.3) is 0 Å². The Morgan fingerprint density at radius 3 is 1.52 bits per heavy atom. The number of hydrogen-bond donors (Lipinski definition) is 0. The Balaban J connectivity index is 1.22. The molecule has 0 N–H and O–H groups in total. The lowest BCUT2D eigenvalue weighted by Gasteiger charge is -2.35. The molecule has 0 radical (unpaired) electrons. The maximum Gasteiger partial charge on any atom is 0.179 e. The van der Waals surface area contributed by atoms with Gasteiger partial charge in [0.15, 0.2) is 8.07 Å². The lowest BCUT2D eigenvalue weighted by atomic mass is 9.98. The zero-order valence-corrected chi connectivity index (χ0v) is 32.6. The van der Waals surface area contributed by atoms with E-state index in [-0.39, 0.29) is 0 Å². The van der Waals surface area contributed by atoms with Gasteiger partial charge in [-0.3, -0.25) is 0 Å². The Morgan fingerprint density at radius 1 is 0.328 bits per heavy atom. The van der Waals surface area contributed by atoms with E-state index in [1.807, 2.05) is 12.1 Å². The van der Waals surface area contributed by atoms with Gasteiger partial charge in [-0.05, 0) is 80.4 Å². The number of fused-ring (bicyclic) bond motifs is 6. The normalized spacial score (nSPS) is 11.8.